The number of hydrogen-bond donors (Lipinski definition) is 4. The highest BCUT2D eigenvalue weighted by molar-refractivity contribution is 5.53. The summed E-state index contributed by atoms with van der Waals surface area (Å²) in [5.74, 6) is 0.551. The summed E-state index contributed by atoms with van der Waals surface area (Å²) in [6.07, 6.45) is 3.24. The third-order valence-electron chi connectivity index (χ3n) is 5.74. The van der Waals surface area contributed by atoms with E-state index in [1.165, 1.54) is 0 Å². The second-order valence-electron chi connectivity index (χ2n) is 10.6. The van der Waals surface area contributed by atoms with Crippen LogP contribution in [0.2, 0.25) is 0 Å². The molecule has 4 N–H and O–H groups in total. The van der Waals surface area contributed by atoms with Gasteiger partial charge in [0.15, 0.2) is 0 Å². The molecule has 172 valence electrons. The zero-order valence-corrected chi connectivity index (χ0v) is 20.0. The Labute approximate surface area is 187 Å². The maximum atomic E-state index is 11.1. The lowest BCUT2D eigenvalue weighted by Crippen LogP contribution is -2.14. The molecule has 0 fully saturated rings. The molecule has 0 aliphatic heterocycles. The molecule has 0 amide bonds. The molecule has 2 aromatic rings. The van der Waals surface area contributed by atoms with Gasteiger partial charge in [0.25, 0.3) is 0 Å². The highest BCUT2D eigenvalue weighted by Crippen LogP contribution is 2.39. The monoisotopic (exact) mass is 428 g/mol. The third-order valence-corrected chi connectivity index (χ3v) is 5.74. The van der Waals surface area contributed by atoms with Crippen molar-refractivity contribution in [2.45, 2.75) is 84.5 Å². The molecule has 4 nitrogen and oxygen atoms in total. The Hall–Kier alpha value is -2.04. The fourth-order valence-corrected chi connectivity index (χ4v) is 3.99. The predicted molar refractivity (Wildman–Crippen MR) is 127 cm³/mol. The van der Waals surface area contributed by atoms with E-state index in [9.17, 15) is 20.4 Å². The second-order valence-corrected chi connectivity index (χ2v) is 10.6. The van der Waals surface area contributed by atoms with Gasteiger partial charge in [0.1, 0.15) is 11.5 Å². The Morgan fingerprint density at radius 3 is 1.26 bits per heavy atom. The fraction of sp³-hybridized carbons (Fsp3) is 0.556. The Kier molecular flexibility index (Phi) is 8.18. The van der Waals surface area contributed by atoms with Gasteiger partial charge in [-0.1, -0.05) is 65.8 Å². The number of aliphatic hydroxyl groups excluding tert-OH is 2. The van der Waals surface area contributed by atoms with Crippen LogP contribution in [0.5, 0.6) is 11.5 Å². The van der Waals surface area contributed by atoms with Gasteiger partial charge in [0, 0.05) is 19.6 Å². The molecule has 0 heterocycles. The van der Waals surface area contributed by atoms with Crippen molar-refractivity contribution >= 4 is 0 Å². The summed E-state index contributed by atoms with van der Waals surface area (Å²) < 4.78 is 0. The van der Waals surface area contributed by atoms with Gasteiger partial charge in [-0.05, 0) is 69.9 Å². The van der Waals surface area contributed by atoms with Crippen molar-refractivity contribution < 1.29 is 20.4 Å². The number of hydrogen-bond acceptors (Lipinski definition) is 4. The minimum atomic E-state index is -0.227. The second kappa shape index (κ2) is 10.1. The van der Waals surface area contributed by atoms with E-state index in [0.29, 0.717) is 19.3 Å². The van der Waals surface area contributed by atoms with E-state index in [1.54, 1.807) is 0 Å². The molecule has 0 saturated heterocycles. The number of phenols is 2. The van der Waals surface area contributed by atoms with Gasteiger partial charge in [-0.25, -0.2) is 0 Å². The number of aryl methyl sites for hydroxylation is 2. The van der Waals surface area contributed by atoms with Crippen molar-refractivity contribution in [3.63, 3.8) is 0 Å². The van der Waals surface area contributed by atoms with E-state index in [-0.39, 0.29) is 35.5 Å². The number of aromatic hydroxyl groups is 2. The average Bonchev–Trinajstić information content (AvgIpc) is 2.66. The van der Waals surface area contributed by atoms with Gasteiger partial charge < -0.3 is 20.4 Å². The highest BCUT2D eigenvalue weighted by Gasteiger charge is 2.24. The Balaban J connectivity index is 2.60. The van der Waals surface area contributed by atoms with E-state index in [1.807, 2.05) is 24.3 Å². The minimum absolute atomic E-state index is 0.129. The SMILES string of the molecule is CC(C)(C)c1cc(CCCO)cc(Cc2cc(CCCO)cc(C(C)(C)C)c2O)c1O. The van der Waals surface area contributed by atoms with Crippen LogP contribution in [0.25, 0.3) is 0 Å². The molecule has 0 saturated carbocycles. The maximum Gasteiger partial charge on any atom is 0.122 e. The van der Waals surface area contributed by atoms with Crippen LogP contribution >= 0.6 is 0 Å². The van der Waals surface area contributed by atoms with Crippen LogP contribution in [-0.4, -0.2) is 33.6 Å². The fourth-order valence-electron chi connectivity index (χ4n) is 3.99. The third kappa shape index (κ3) is 6.47. The number of benzene rings is 2. The first kappa shape index (κ1) is 25.2. The van der Waals surface area contributed by atoms with Crippen molar-refractivity contribution in [3.05, 3.63) is 57.6 Å². The molecular formula is C27H40O4. The molecule has 0 spiro atoms. The van der Waals surface area contributed by atoms with Crippen LogP contribution in [-0.2, 0) is 30.1 Å². The van der Waals surface area contributed by atoms with Crippen LogP contribution in [0.1, 0.15) is 87.8 Å². The normalized spacial score (nSPS) is 12.4. The zero-order chi connectivity index (χ0) is 23.4. The lowest BCUT2D eigenvalue weighted by Gasteiger charge is -2.25. The largest absolute Gasteiger partial charge is 0.507 e. The minimum Gasteiger partial charge on any atom is -0.507 e. The molecule has 0 atom stereocenters. The van der Waals surface area contributed by atoms with Crippen molar-refractivity contribution in [1.29, 1.82) is 0 Å². The quantitative estimate of drug-likeness (QED) is 0.470. The molecule has 0 aromatic heterocycles. The smallest absolute Gasteiger partial charge is 0.122 e. The van der Waals surface area contributed by atoms with Crippen molar-refractivity contribution in [3.8, 4) is 11.5 Å². The molecule has 0 unspecified atom stereocenters. The molecule has 0 bridgehead atoms. The van der Waals surface area contributed by atoms with Crippen LogP contribution in [0.3, 0.4) is 0 Å². The van der Waals surface area contributed by atoms with Gasteiger partial charge in [-0.15, -0.1) is 0 Å². The van der Waals surface area contributed by atoms with E-state index < -0.39 is 0 Å². The van der Waals surface area contributed by atoms with Gasteiger partial charge >= 0.3 is 0 Å². The lowest BCUT2D eigenvalue weighted by atomic mass is 9.81. The summed E-state index contributed by atoms with van der Waals surface area (Å²) in [7, 11) is 0. The summed E-state index contributed by atoms with van der Waals surface area (Å²) in [4.78, 5) is 0. The Bertz CT molecular complexity index is 812. The van der Waals surface area contributed by atoms with E-state index in [4.69, 9.17) is 0 Å². The van der Waals surface area contributed by atoms with Crippen molar-refractivity contribution in [2.75, 3.05) is 13.2 Å². The first-order valence-corrected chi connectivity index (χ1v) is 11.3. The lowest BCUT2D eigenvalue weighted by molar-refractivity contribution is 0.288. The molecular weight excluding hydrogens is 388 g/mol. The van der Waals surface area contributed by atoms with Crippen LogP contribution < -0.4 is 0 Å². The molecule has 0 aliphatic carbocycles. The highest BCUT2D eigenvalue weighted by atomic mass is 16.3. The van der Waals surface area contributed by atoms with E-state index >= 15 is 0 Å². The van der Waals surface area contributed by atoms with Gasteiger partial charge in [0.05, 0.1) is 0 Å². The first-order valence-electron chi connectivity index (χ1n) is 11.3. The molecule has 0 radical (unpaired) electrons. The van der Waals surface area contributed by atoms with Crippen LogP contribution in [0, 0.1) is 0 Å². The van der Waals surface area contributed by atoms with Gasteiger partial charge in [-0.2, -0.15) is 0 Å². The number of rotatable bonds is 8. The Morgan fingerprint density at radius 2 is 0.968 bits per heavy atom. The topological polar surface area (TPSA) is 80.9 Å². The van der Waals surface area contributed by atoms with Gasteiger partial charge in [0.2, 0.25) is 0 Å². The van der Waals surface area contributed by atoms with Crippen molar-refractivity contribution in [1.82, 2.24) is 0 Å². The summed E-state index contributed by atoms with van der Waals surface area (Å²) >= 11 is 0. The summed E-state index contributed by atoms with van der Waals surface area (Å²) in [6.45, 7) is 12.7. The molecule has 4 heteroatoms. The predicted octanol–water partition coefficient (Wildman–Crippen LogP) is 5.13. The molecule has 2 aromatic carbocycles. The molecule has 0 aliphatic rings. The van der Waals surface area contributed by atoms with Crippen molar-refractivity contribution in [2.24, 2.45) is 0 Å². The molecule has 2 rings (SSSR count). The zero-order valence-electron chi connectivity index (χ0n) is 20.0. The molecule has 31 heavy (non-hydrogen) atoms. The van der Waals surface area contributed by atoms with E-state index in [2.05, 4.69) is 41.5 Å². The summed E-state index contributed by atoms with van der Waals surface area (Å²) in [6, 6.07) is 8.06. The van der Waals surface area contributed by atoms with E-state index in [0.717, 1.165) is 46.2 Å². The summed E-state index contributed by atoms with van der Waals surface area (Å²) in [5.41, 5.74) is 5.04. The maximum absolute atomic E-state index is 11.1. The standard InChI is InChI=1S/C27H40O4/c1-26(2,3)22-15-18(9-7-11-28)13-20(24(22)30)17-21-14-19(10-8-12-29)16-23(25(21)31)27(4,5)6/h13-16,28-31H,7-12,17H2,1-6H3. The Morgan fingerprint density at radius 1 is 0.613 bits per heavy atom. The summed E-state index contributed by atoms with van der Waals surface area (Å²) in [5, 5.41) is 40.7. The number of phenolic OH excluding ortho intramolecular Hbond substituents is 2. The first-order chi connectivity index (χ1) is 14.4. The number of aliphatic hydroxyl groups is 2. The average molecular weight is 429 g/mol. The van der Waals surface area contributed by atoms with Crippen LogP contribution in [0.15, 0.2) is 24.3 Å². The van der Waals surface area contributed by atoms with Crippen LogP contribution in [0.4, 0.5) is 0 Å². The van der Waals surface area contributed by atoms with Gasteiger partial charge in [-0.3, -0.25) is 0 Å².